The molecule has 0 saturated carbocycles. The second-order valence-corrected chi connectivity index (χ2v) is 5.47. The minimum Gasteiger partial charge on any atom is -0.396 e. The Morgan fingerprint density at radius 3 is 2.29 bits per heavy atom. The molecule has 0 amide bonds. The van der Waals surface area contributed by atoms with Crippen LogP contribution in [-0.2, 0) is 6.42 Å². The van der Waals surface area contributed by atoms with Crippen LogP contribution in [0.15, 0.2) is 66.7 Å². The van der Waals surface area contributed by atoms with Crippen molar-refractivity contribution in [2.45, 2.75) is 6.42 Å². The number of rotatable bonds is 2. The van der Waals surface area contributed by atoms with Crippen LogP contribution >= 0.6 is 0 Å². The molecule has 4 aromatic carbocycles. The molecular weight excluding hydrogens is 256 g/mol. The molecular formula is C20H16O. The van der Waals surface area contributed by atoms with E-state index in [9.17, 15) is 5.11 Å². The fourth-order valence-electron chi connectivity index (χ4n) is 3.18. The minimum absolute atomic E-state index is 0.187. The highest BCUT2D eigenvalue weighted by atomic mass is 16.2. The second-order valence-electron chi connectivity index (χ2n) is 5.47. The van der Waals surface area contributed by atoms with E-state index in [-0.39, 0.29) is 6.61 Å². The van der Waals surface area contributed by atoms with Crippen molar-refractivity contribution in [3.05, 3.63) is 72.3 Å². The van der Waals surface area contributed by atoms with E-state index in [1.807, 2.05) is 0 Å². The summed E-state index contributed by atoms with van der Waals surface area (Å²) < 4.78 is 0. The Labute approximate surface area is 123 Å². The fraction of sp³-hybridized carbons (Fsp3) is 0.100. The van der Waals surface area contributed by atoms with Gasteiger partial charge in [0.15, 0.2) is 0 Å². The van der Waals surface area contributed by atoms with Gasteiger partial charge in [0.25, 0.3) is 0 Å². The van der Waals surface area contributed by atoms with Crippen molar-refractivity contribution < 1.29 is 5.11 Å². The Morgan fingerprint density at radius 2 is 1.38 bits per heavy atom. The van der Waals surface area contributed by atoms with Gasteiger partial charge in [0, 0.05) is 6.61 Å². The highest BCUT2D eigenvalue weighted by Crippen LogP contribution is 2.30. The molecule has 4 aromatic rings. The summed E-state index contributed by atoms with van der Waals surface area (Å²) >= 11 is 0. The molecule has 0 unspecified atom stereocenters. The van der Waals surface area contributed by atoms with E-state index in [1.165, 1.54) is 37.9 Å². The van der Waals surface area contributed by atoms with Crippen LogP contribution in [0.5, 0.6) is 0 Å². The summed E-state index contributed by atoms with van der Waals surface area (Å²) in [7, 11) is 0. The SMILES string of the molecule is OCCc1cccc2cc3ccc4ccccc4c3cc12. The first-order valence-electron chi connectivity index (χ1n) is 7.31. The van der Waals surface area contributed by atoms with Gasteiger partial charge in [0.2, 0.25) is 0 Å². The third-order valence-electron chi connectivity index (χ3n) is 4.22. The molecule has 0 aliphatic heterocycles. The van der Waals surface area contributed by atoms with Gasteiger partial charge in [-0.05, 0) is 56.4 Å². The summed E-state index contributed by atoms with van der Waals surface area (Å²) in [5.41, 5.74) is 1.21. The molecule has 4 rings (SSSR count). The Kier molecular flexibility index (Phi) is 2.87. The molecule has 0 aliphatic rings. The van der Waals surface area contributed by atoms with E-state index in [1.54, 1.807) is 0 Å². The second kappa shape index (κ2) is 4.87. The molecule has 102 valence electrons. The molecule has 0 heterocycles. The average Bonchev–Trinajstić information content (AvgIpc) is 2.54. The predicted molar refractivity (Wildman–Crippen MR) is 89.7 cm³/mol. The lowest BCUT2D eigenvalue weighted by molar-refractivity contribution is 0.300. The maximum atomic E-state index is 9.26. The topological polar surface area (TPSA) is 20.2 Å². The monoisotopic (exact) mass is 272 g/mol. The summed E-state index contributed by atoms with van der Waals surface area (Å²) in [6.45, 7) is 0.187. The zero-order valence-electron chi connectivity index (χ0n) is 11.7. The van der Waals surface area contributed by atoms with Crippen molar-refractivity contribution >= 4 is 32.3 Å². The largest absolute Gasteiger partial charge is 0.396 e. The van der Waals surface area contributed by atoms with Gasteiger partial charge in [-0.3, -0.25) is 0 Å². The first kappa shape index (κ1) is 12.4. The van der Waals surface area contributed by atoms with Gasteiger partial charge in [-0.2, -0.15) is 0 Å². The average molecular weight is 272 g/mol. The maximum absolute atomic E-state index is 9.26. The van der Waals surface area contributed by atoms with E-state index in [0.29, 0.717) is 6.42 Å². The fourth-order valence-corrected chi connectivity index (χ4v) is 3.18. The lowest BCUT2D eigenvalue weighted by Gasteiger charge is -2.09. The summed E-state index contributed by atoms with van der Waals surface area (Å²) in [5.74, 6) is 0. The van der Waals surface area contributed by atoms with E-state index in [0.717, 1.165) is 0 Å². The quantitative estimate of drug-likeness (QED) is 0.415. The number of fused-ring (bicyclic) bond motifs is 4. The molecule has 0 aliphatic carbocycles. The van der Waals surface area contributed by atoms with E-state index in [4.69, 9.17) is 0 Å². The maximum Gasteiger partial charge on any atom is 0.0471 e. The Bertz CT molecular complexity index is 954. The molecule has 0 saturated heterocycles. The van der Waals surface area contributed by atoms with Crippen molar-refractivity contribution in [1.82, 2.24) is 0 Å². The normalized spacial score (nSPS) is 11.5. The molecule has 0 bridgehead atoms. The summed E-state index contributed by atoms with van der Waals surface area (Å²) in [6.07, 6.45) is 0.702. The van der Waals surface area contributed by atoms with Crippen LogP contribution in [0.1, 0.15) is 5.56 Å². The van der Waals surface area contributed by atoms with Crippen LogP contribution in [-0.4, -0.2) is 11.7 Å². The molecule has 1 nitrogen and oxygen atoms in total. The molecule has 21 heavy (non-hydrogen) atoms. The van der Waals surface area contributed by atoms with Crippen LogP contribution in [0.2, 0.25) is 0 Å². The number of hydrogen-bond donors (Lipinski definition) is 1. The minimum atomic E-state index is 0.187. The van der Waals surface area contributed by atoms with E-state index in [2.05, 4.69) is 66.7 Å². The molecule has 1 heteroatoms. The third kappa shape index (κ3) is 1.98. The highest BCUT2D eigenvalue weighted by Gasteiger charge is 2.05. The van der Waals surface area contributed by atoms with Crippen molar-refractivity contribution in [2.75, 3.05) is 6.61 Å². The summed E-state index contributed by atoms with van der Waals surface area (Å²) in [5, 5.41) is 16.9. The molecule has 0 atom stereocenters. The van der Waals surface area contributed by atoms with Gasteiger partial charge in [-0.25, -0.2) is 0 Å². The van der Waals surface area contributed by atoms with Crippen LogP contribution in [0.25, 0.3) is 32.3 Å². The van der Waals surface area contributed by atoms with Crippen molar-refractivity contribution in [1.29, 1.82) is 0 Å². The molecule has 0 spiro atoms. The van der Waals surface area contributed by atoms with Gasteiger partial charge in [0.05, 0.1) is 0 Å². The third-order valence-corrected chi connectivity index (χ3v) is 4.22. The van der Waals surface area contributed by atoms with Crippen LogP contribution in [0.4, 0.5) is 0 Å². The van der Waals surface area contributed by atoms with Crippen LogP contribution in [0, 0.1) is 0 Å². The van der Waals surface area contributed by atoms with Crippen LogP contribution in [0.3, 0.4) is 0 Å². The summed E-state index contributed by atoms with van der Waals surface area (Å²) in [4.78, 5) is 0. The number of aliphatic hydroxyl groups excluding tert-OH is 1. The van der Waals surface area contributed by atoms with Gasteiger partial charge in [-0.1, -0.05) is 54.6 Å². The number of benzene rings is 4. The zero-order valence-corrected chi connectivity index (χ0v) is 11.7. The van der Waals surface area contributed by atoms with E-state index >= 15 is 0 Å². The first-order chi connectivity index (χ1) is 10.4. The van der Waals surface area contributed by atoms with Crippen molar-refractivity contribution in [3.63, 3.8) is 0 Å². The first-order valence-corrected chi connectivity index (χ1v) is 7.31. The molecule has 0 fully saturated rings. The Morgan fingerprint density at radius 1 is 0.619 bits per heavy atom. The highest BCUT2D eigenvalue weighted by molar-refractivity contribution is 6.12. The molecule has 0 aromatic heterocycles. The predicted octanol–water partition coefficient (Wildman–Crippen LogP) is 4.68. The smallest absolute Gasteiger partial charge is 0.0471 e. The molecule has 0 radical (unpaired) electrons. The van der Waals surface area contributed by atoms with Gasteiger partial charge in [0.1, 0.15) is 0 Å². The Balaban J connectivity index is 2.15. The molecule has 1 N–H and O–H groups in total. The summed E-state index contributed by atoms with van der Waals surface area (Å²) in [6, 6.07) is 23.7. The lowest BCUT2D eigenvalue weighted by atomic mass is 9.95. The standard InChI is InChI=1S/C20H16O/c21-11-10-15-5-3-6-16-12-17-9-8-14-4-1-2-7-18(14)20(17)13-19(15)16/h1-9,12-13,21H,10-11H2. The zero-order chi connectivity index (χ0) is 14.2. The van der Waals surface area contributed by atoms with E-state index < -0.39 is 0 Å². The van der Waals surface area contributed by atoms with Gasteiger partial charge >= 0.3 is 0 Å². The van der Waals surface area contributed by atoms with Gasteiger partial charge < -0.3 is 5.11 Å². The lowest BCUT2D eigenvalue weighted by Crippen LogP contribution is -1.92. The van der Waals surface area contributed by atoms with Crippen molar-refractivity contribution in [3.8, 4) is 0 Å². The Hall–Kier alpha value is -2.38. The van der Waals surface area contributed by atoms with Crippen molar-refractivity contribution in [2.24, 2.45) is 0 Å². The number of hydrogen-bond acceptors (Lipinski definition) is 1. The number of aliphatic hydroxyl groups is 1. The van der Waals surface area contributed by atoms with Crippen LogP contribution < -0.4 is 0 Å². The van der Waals surface area contributed by atoms with Gasteiger partial charge in [-0.15, -0.1) is 0 Å².